The molecule has 1 amide bonds. The van der Waals surface area contributed by atoms with Crippen LogP contribution in [0.15, 0.2) is 60.7 Å². The summed E-state index contributed by atoms with van der Waals surface area (Å²) in [5.74, 6) is -0.259. The second-order valence-electron chi connectivity index (χ2n) is 10.4. The average Bonchev–Trinajstić information content (AvgIpc) is 3.06. The minimum Gasteiger partial charge on any atom is -0.375 e. The largest absolute Gasteiger partial charge is 0.375 e. The summed E-state index contributed by atoms with van der Waals surface area (Å²) in [6, 6.07) is 19.5. The minimum absolute atomic E-state index is 0.205. The lowest BCUT2D eigenvalue weighted by Crippen LogP contribution is -2.41. The van der Waals surface area contributed by atoms with E-state index in [1.807, 2.05) is 43.3 Å². The average molecular weight is 468 g/mol. The molecule has 0 radical (unpaired) electrons. The molecule has 1 aliphatic carbocycles. The van der Waals surface area contributed by atoms with Crippen molar-refractivity contribution in [2.45, 2.75) is 70.9 Å². The highest BCUT2D eigenvalue weighted by Crippen LogP contribution is 2.44. The molecule has 0 saturated heterocycles. The van der Waals surface area contributed by atoms with E-state index >= 15 is 0 Å². The first-order valence-electron chi connectivity index (χ1n) is 12.7. The van der Waals surface area contributed by atoms with Gasteiger partial charge in [0.15, 0.2) is 11.4 Å². The van der Waals surface area contributed by atoms with Gasteiger partial charge in [-0.25, -0.2) is 0 Å². The van der Waals surface area contributed by atoms with Gasteiger partial charge >= 0.3 is 0 Å². The summed E-state index contributed by atoms with van der Waals surface area (Å²) in [5.41, 5.74) is 5.76. The molecule has 0 unspecified atom stereocenters. The van der Waals surface area contributed by atoms with Gasteiger partial charge in [0, 0.05) is 11.1 Å². The fourth-order valence-corrected chi connectivity index (χ4v) is 5.47. The number of nitrogens with zero attached hydrogens (tertiary/aromatic N) is 1. The van der Waals surface area contributed by atoms with E-state index in [-0.39, 0.29) is 12.2 Å². The molecule has 1 aliphatic heterocycles. The number of ketones is 1. The molecule has 4 heteroatoms. The van der Waals surface area contributed by atoms with Crippen molar-refractivity contribution in [2.24, 2.45) is 0 Å². The van der Waals surface area contributed by atoms with Gasteiger partial charge in [0.1, 0.15) is 0 Å². The molecular weight excluding hydrogens is 434 g/mol. The predicted molar refractivity (Wildman–Crippen MR) is 139 cm³/mol. The number of carbonyl (C=O) groups excluding carboxylic acids is 2. The third-order valence-electron chi connectivity index (χ3n) is 7.69. The van der Waals surface area contributed by atoms with E-state index in [0.717, 1.165) is 30.4 Å². The monoisotopic (exact) mass is 467 g/mol. The Balaban J connectivity index is 1.46. The molecular formula is C31H33NO3. The second kappa shape index (κ2) is 9.09. The number of aryl methyl sites for hydroxylation is 3. The first-order valence-corrected chi connectivity index (χ1v) is 12.7. The zero-order chi connectivity index (χ0) is 24.7. The standard InChI is InChI=1S/C31H33NO3/c1-20(2)23-13-12-21(3)26(16-23)19-32-28-11-7-6-10-27(28)31(35,30(32)34)18-29(33)25-15-14-22-8-4-5-9-24(22)17-25/h6-7,10-17,20,35H,4-5,8-9,18-19H2,1-3H3/t31-/m1/s1. The summed E-state index contributed by atoms with van der Waals surface area (Å²) in [7, 11) is 0. The first-order chi connectivity index (χ1) is 16.8. The Morgan fingerprint density at radius 2 is 1.74 bits per heavy atom. The first kappa shape index (κ1) is 23.5. The number of anilines is 1. The van der Waals surface area contributed by atoms with Gasteiger partial charge in [0.2, 0.25) is 0 Å². The number of hydrogen-bond donors (Lipinski definition) is 1. The number of Topliss-reactive ketones (excluding diaryl/α,β-unsaturated/α-hetero) is 1. The number of carbonyl (C=O) groups is 2. The fourth-order valence-electron chi connectivity index (χ4n) is 5.47. The molecule has 0 fully saturated rings. The predicted octanol–water partition coefficient (Wildman–Crippen LogP) is 6.00. The molecule has 0 aromatic heterocycles. The Hall–Kier alpha value is -3.24. The summed E-state index contributed by atoms with van der Waals surface area (Å²) < 4.78 is 0. The molecule has 5 rings (SSSR count). The highest BCUT2D eigenvalue weighted by atomic mass is 16.3. The second-order valence-corrected chi connectivity index (χ2v) is 10.4. The summed E-state index contributed by atoms with van der Waals surface area (Å²) in [6.45, 7) is 6.70. The molecule has 4 nitrogen and oxygen atoms in total. The third kappa shape index (κ3) is 4.21. The molecule has 3 aromatic rings. The van der Waals surface area contributed by atoms with Gasteiger partial charge in [-0.1, -0.05) is 62.4 Å². The van der Waals surface area contributed by atoms with Crippen LogP contribution in [-0.4, -0.2) is 16.8 Å². The quantitative estimate of drug-likeness (QED) is 0.452. The Morgan fingerprint density at radius 1 is 1.00 bits per heavy atom. The molecule has 1 heterocycles. The SMILES string of the molecule is Cc1ccc(C(C)C)cc1CN1C(=O)[C@@](O)(CC(=O)c2ccc3c(c2)CCCC3)c2ccccc21. The maximum atomic E-state index is 13.7. The van der Waals surface area contributed by atoms with Crippen molar-refractivity contribution < 1.29 is 14.7 Å². The maximum absolute atomic E-state index is 13.7. The lowest BCUT2D eigenvalue weighted by molar-refractivity contribution is -0.136. The number of para-hydroxylation sites is 1. The highest BCUT2D eigenvalue weighted by Gasteiger charge is 2.50. The van der Waals surface area contributed by atoms with Gasteiger partial charge in [0.25, 0.3) is 5.91 Å². The molecule has 2 aliphatic rings. The number of amides is 1. The van der Waals surface area contributed by atoms with E-state index in [1.165, 1.54) is 23.1 Å². The fraction of sp³-hybridized carbons (Fsp3) is 0.355. The number of hydrogen-bond acceptors (Lipinski definition) is 3. The number of rotatable bonds is 6. The van der Waals surface area contributed by atoms with E-state index in [1.54, 1.807) is 11.0 Å². The van der Waals surface area contributed by atoms with Crippen molar-refractivity contribution in [1.29, 1.82) is 0 Å². The molecule has 35 heavy (non-hydrogen) atoms. The van der Waals surface area contributed by atoms with Crippen molar-refractivity contribution in [3.8, 4) is 0 Å². The van der Waals surface area contributed by atoms with E-state index < -0.39 is 11.5 Å². The van der Waals surface area contributed by atoms with Crippen LogP contribution >= 0.6 is 0 Å². The summed E-state index contributed by atoms with van der Waals surface area (Å²) in [4.78, 5) is 28.7. The van der Waals surface area contributed by atoms with Crippen LogP contribution < -0.4 is 4.90 Å². The summed E-state index contributed by atoms with van der Waals surface area (Å²) >= 11 is 0. The van der Waals surface area contributed by atoms with Crippen LogP contribution in [0.4, 0.5) is 5.69 Å². The third-order valence-corrected chi connectivity index (χ3v) is 7.69. The van der Waals surface area contributed by atoms with E-state index in [2.05, 4.69) is 32.0 Å². The van der Waals surface area contributed by atoms with Crippen LogP contribution in [0.2, 0.25) is 0 Å². The van der Waals surface area contributed by atoms with Crippen LogP contribution in [0.3, 0.4) is 0 Å². The van der Waals surface area contributed by atoms with Crippen molar-refractivity contribution >= 4 is 17.4 Å². The Labute approximate surface area is 207 Å². The van der Waals surface area contributed by atoms with E-state index in [9.17, 15) is 14.7 Å². The van der Waals surface area contributed by atoms with Crippen molar-refractivity contribution in [3.05, 3.63) is 99.6 Å². The molecule has 0 spiro atoms. The molecule has 1 N–H and O–H groups in total. The number of aliphatic hydroxyl groups is 1. The van der Waals surface area contributed by atoms with Gasteiger partial charge in [-0.05, 0) is 78.5 Å². The Kier molecular flexibility index (Phi) is 6.10. The summed E-state index contributed by atoms with van der Waals surface area (Å²) in [6.07, 6.45) is 4.08. The molecule has 0 bridgehead atoms. The molecule has 0 saturated carbocycles. The van der Waals surface area contributed by atoms with E-state index in [4.69, 9.17) is 0 Å². The smallest absolute Gasteiger partial charge is 0.264 e. The highest BCUT2D eigenvalue weighted by molar-refractivity contribution is 6.10. The summed E-state index contributed by atoms with van der Waals surface area (Å²) in [5, 5.41) is 11.7. The Bertz CT molecular complexity index is 1310. The maximum Gasteiger partial charge on any atom is 0.264 e. The zero-order valence-corrected chi connectivity index (χ0v) is 20.8. The van der Waals surface area contributed by atoms with Gasteiger partial charge < -0.3 is 10.0 Å². The lowest BCUT2D eigenvalue weighted by Gasteiger charge is -2.24. The van der Waals surface area contributed by atoms with Crippen LogP contribution in [-0.2, 0) is 29.8 Å². The Morgan fingerprint density at radius 3 is 2.51 bits per heavy atom. The molecule has 1 atom stereocenters. The molecule has 3 aromatic carbocycles. The van der Waals surface area contributed by atoms with Crippen LogP contribution in [0, 0.1) is 6.92 Å². The van der Waals surface area contributed by atoms with Gasteiger partial charge in [-0.2, -0.15) is 0 Å². The van der Waals surface area contributed by atoms with Crippen molar-refractivity contribution in [1.82, 2.24) is 0 Å². The number of fused-ring (bicyclic) bond motifs is 2. The van der Waals surface area contributed by atoms with Crippen LogP contribution in [0.5, 0.6) is 0 Å². The molecule has 180 valence electrons. The number of benzene rings is 3. The van der Waals surface area contributed by atoms with Gasteiger partial charge in [-0.15, -0.1) is 0 Å². The van der Waals surface area contributed by atoms with Crippen LogP contribution in [0.25, 0.3) is 0 Å². The van der Waals surface area contributed by atoms with E-state index in [0.29, 0.717) is 29.3 Å². The van der Waals surface area contributed by atoms with Gasteiger partial charge in [-0.3, -0.25) is 9.59 Å². The minimum atomic E-state index is -1.87. The topological polar surface area (TPSA) is 57.6 Å². The zero-order valence-electron chi connectivity index (χ0n) is 20.8. The van der Waals surface area contributed by atoms with Crippen molar-refractivity contribution in [2.75, 3.05) is 4.90 Å². The van der Waals surface area contributed by atoms with Crippen LogP contribution in [0.1, 0.15) is 82.8 Å². The van der Waals surface area contributed by atoms with Gasteiger partial charge in [0.05, 0.1) is 18.7 Å². The lowest BCUT2D eigenvalue weighted by atomic mass is 9.85. The van der Waals surface area contributed by atoms with Crippen molar-refractivity contribution in [3.63, 3.8) is 0 Å². The normalized spacial score (nSPS) is 19.1.